The van der Waals surface area contributed by atoms with Gasteiger partial charge < -0.3 is 9.72 Å². The van der Waals surface area contributed by atoms with Crippen molar-refractivity contribution in [1.29, 1.82) is 0 Å². The molecule has 0 aliphatic rings. The summed E-state index contributed by atoms with van der Waals surface area (Å²) in [6.45, 7) is 3.49. The van der Waals surface area contributed by atoms with Crippen molar-refractivity contribution in [2.45, 2.75) is 32.9 Å². The third-order valence-electron chi connectivity index (χ3n) is 2.80. The lowest BCUT2D eigenvalue weighted by molar-refractivity contribution is -0.147. The fraction of sp³-hybridized carbons (Fsp3) is 0.357. The number of esters is 1. The van der Waals surface area contributed by atoms with Gasteiger partial charge in [-0.15, -0.1) is 0 Å². The molecule has 1 N–H and O–H groups in total. The summed E-state index contributed by atoms with van der Waals surface area (Å²) in [6, 6.07) is 6.76. The Balaban J connectivity index is 2.29. The topological polar surface area (TPSA) is 81.2 Å². The largest absolute Gasteiger partial charge is 0.463 e. The molecule has 106 valence electrons. The molecule has 0 unspecified atom stereocenters. The number of para-hydroxylation sites is 1. The molecular formula is C14H16N2O4. The molecule has 2 rings (SSSR count). The summed E-state index contributed by atoms with van der Waals surface area (Å²) in [5.74, 6) is -0.431. The molecule has 0 atom stereocenters. The van der Waals surface area contributed by atoms with Crippen LogP contribution in [0.15, 0.2) is 33.9 Å². The molecule has 1 heterocycles. The van der Waals surface area contributed by atoms with Crippen LogP contribution in [-0.4, -0.2) is 21.6 Å². The fourth-order valence-corrected chi connectivity index (χ4v) is 1.93. The van der Waals surface area contributed by atoms with Gasteiger partial charge in [-0.3, -0.25) is 14.2 Å². The smallest absolute Gasteiger partial charge is 0.328 e. The van der Waals surface area contributed by atoms with Gasteiger partial charge in [0.25, 0.3) is 5.56 Å². The number of carbonyl (C=O) groups is 1. The lowest BCUT2D eigenvalue weighted by Gasteiger charge is -2.09. The van der Waals surface area contributed by atoms with Gasteiger partial charge >= 0.3 is 11.7 Å². The molecule has 0 spiro atoms. The minimum absolute atomic E-state index is 0.00452. The Morgan fingerprint density at radius 3 is 2.70 bits per heavy atom. The lowest BCUT2D eigenvalue weighted by Crippen LogP contribution is -2.35. The number of benzene rings is 1. The van der Waals surface area contributed by atoms with Crippen LogP contribution in [0.2, 0.25) is 0 Å². The maximum Gasteiger partial charge on any atom is 0.328 e. The van der Waals surface area contributed by atoms with Crippen LogP contribution >= 0.6 is 0 Å². The highest BCUT2D eigenvalue weighted by Gasteiger charge is 2.10. The van der Waals surface area contributed by atoms with E-state index in [0.29, 0.717) is 10.9 Å². The summed E-state index contributed by atoms with van der Waals surface area (Å²) in [4.78, 5) is 38.1. The highest BCUT2D eigenvalue weighted by atomic mass is 16.5. The summed E-state index contributed by atoms with van der Waals surface area (Å²) in [5.41, 5.74) is -0.434. The molecule has 6 heteroatoms. The van der Waals surface area contributed by atoms with E-state index in [-0.39, 0.29) is 19.1 Å². The van der Waals surface area contributed by atoms with Gasteiger partial charge in [0.1, 0.15) is 0 Å². The van der Waals surface area contributed by atoms with Gasteiger partial charge in [0.2, 0.25) is 0 Å². The van der Waals surface area contributed by atoms with Crippen molar-refractivity contribution in [3.05, 3.63) is 45.1 Å². The standard InChI is InChI=1S/C14H16N2O4/c1-9(2)20-12(17)7-8-16-13(18)10-5-3-4-6-11(10)15-14(16)19/h3-6,9H,7-8H2,1-2H3,(H,15,19). The van der Waals surface area contributed by atoms with Crippen molar-refractivity contribution in [2.75, 3.05) is 0 Å². The van der Waals surface area contributed by atoms with Gasteiger partial charge in [0, 0.05) is 6.54 Å². The molecule has 0 fully saturated rings. The average molecular weight is 276 g/mol. The summed E-state index contributed by atoms with van der Waals surface area (Å²) >= 11 is 0. The van der Waals surface area contributed by atoms with Gasteiger partial charge in [-0.25, -0.2) is 4.79 Å². The predicted octanol–water partition coefficient (Wildman–Crippen LogP) is 1.03. The molecule has 0 saturated heterocycles. The van der Waals surface area contributed by atoms with E-state index in [9.17, 15) is 14.4 Å². The third-order valence-corrected chi connectivity index (χ3v) is 2.80. The van der Waals surface area contributed by atoms with E-state index in [2.05, 4.69) is 4.98 Å². The Morgan fingerprint density at radius 2 is 2.00 bits per heavy atom. The zero-order chi connectivity index (χ0) is 14.7. The highest BCUT2D eigenvalue weighted by Crippen LogP contribution is 2.03. The second kappa shape index (κ2) is 5.73. The first-order valence-corrected chi connectivity index (χ1v) is 6.40. The zero-order valence-electron chi connectivity index (χ0n) is 11.4. The predicted molar refractivity (Wildman–Crippen MR) is 74.7 cm³/mol. The monoisotopic (exact) mass is 276 g/mol. The molecule has 0 radical (unpaired) electrons. The summed E-state index contributed by atoms with van der Waals surface area (Å²) in [6.07, 6.45) is -0.228. The fourth-order valence-electron chi connectivity index (χ4n) is 1.93. The maximum atomic E-state index is 12.2. The first-order chi connectivity index (χ1) is 9.49. The molecule has 1 aromatic carbocycles. The molecule has 0 bridgehead atoms. The van der Waals surface area contributed by atoms with Crippen molar-refractivity contribution in [2.24, 2.45) is 0 Å². The van der Waals surface area contributed by atoms with Crippen molar-refractivity contribution in [1.82, 2.24) is 9.55 Å². The van der Waals surface area contributed by atoms with Gasteiger partial charge in [0.05, 0.1) is 23.4 Å². The van der Waals surface area contributed by atoms with Gasteiger partial charge in [0.15, 0.2) is 0 Å². The number of nitrogens with one attached hydrogen (secondary N) is 1. The highest BCUT2D eigenvalue weighted by molar-refractivity contribution is 5.77. The van der Waals surface area contributed by atoms with E-state index < -0.39 is 17.2 Å². The van der Waals surface area contributed by atoms with Crippen LogP contribution in [0.3, 0.4) is 0 Å². The van der Waals surface area contributed by atoms with Gasteiger partial charge in [-0.1, -0.05) is 12.1 Å². The number of fused-ring (bicyclic) bond motifs is 1. The van der Waals surface area contributed by atoms with Crippen LogP contribution < -0.4 is 11.2 Å². The van der Waals surface area contributed by atoms with Crippen molar-refractivity contribution < 1.29 is 9.53 Å². The Bertz CT molecular complexity index is 743. The molecule has 0 aliphatic carbocycles. The van der Waals surface area contributed by atoms with Crippen molar-refractivity contribution in [3.63, 3.8) is 0 Å². The number of rotatable bonds is 4. The Hall–Kier alpha value is -2.37. The Labute approximate surface area is 115 Å². The van der Waals surface area contributed by atoms with Crippen molar-refractivity contribution >= 4 is 16.9 Å². The van der Waals surface area contributed by atoms with E-state index in [1.54, 1.807) is 38.1 Å². The minimum atomic E-state index is -0.522. The summed E-state index contributed by atoms with van der Waals surface area (Å²) < 4.78 is 5.99. The Morgan fingerprint density at radius 1 is 1.30 bits per heavy atom. The minimum Gasteiger partial charge on any atom is -0.463 e. The normalized spacial score (nSPS) is 10.9. The van der Waals surface area contributed by atoms with E-state index in [0.717, 1.165) is 4.57 Å². The van der Waals surface area contributed by atoms with Crippen LogP contribution in [0.1, 0.15) is 20.3 Å². The SMILES string of the molecule is CC(C)OC(=O)CCn1c(=O)[nH]c2ccccc2c1=O. The molecule has 6 nitrogen and oxygen atoms in total. The van der Waals surface area contributed by atoms with Crippen LogP contribution in [0, 0.1) is 0 Å². The quantitative estimate of drug-likeness (QED) is 0.846. The maximum absolute atomic E-state index is 12.2. The number of ether oxygens (including phenoxy) is 1. The van der Waals surface area contributed by atoms with Crippen molar-refractivity contribution in [3.8, 4) is 0 Å². The summed E-state index contributed by atoms with van der Waals surface area (Å²) in [5, 5.41) is 0.421. The van der Waals surface area contributed by atoms with E-state index >= 15 is 0 Å². The number of aromatic amines is 1. The van der Waals surface area contributed by atoms with Crippen LogP contribution in [0.5, 0.6) is 0 Å². The lowest BCUT2D eigenvalue weighted by atomic mass is 10.2. The second-order valence-electron chi connectivity index (χ2n) is 4.72. The number of hydrogen-bond acceptors (Lipinski definition) is 4. The Kier molecular flexibility index (Phi) is 4.02. The number of carbonyl (C=O) groups excluding carboxylic acids is 1. The average Bonchev–Trinajstić information content (AvgIpc) is 2.37. The van der Waals surface area contributed by atoms with E-state index in [1.807, 2.05) is 0 Å². The van der Waals surface area contributed by atoms with Crippen LogP contribution in [0.4, 0.5) is 0 Å². The second-order valence-corrected chi connectivity index (χ2v) is 4.72. The first kappa shape index (κ1) is 14.0. The third kappa shape index (κ3) is 2.96. The van der Waals surface area contributed by atoms with Crippen LogP contribution in [0.25, 0.3) is 10.9 Å². The van der Waals surface area contributed by atoms with E-state index in [4.69, 9.17) is 4.74 Å². The number of hydrogen-bond donors (Lipinski definition) is 1. The molecule has 1 aromatic heterocycles. The van der Waals surface area contributed by atoms with Gasteiger partial charge in [-0.2, -0.15) is 0 Å². The molecule has 2 aromatic rings. The molecule has 0 saturated carbocycles. The zero-order valence-corrected chi connectivity index (χ0v) is 11.4. The number of aromatic nitrogens is 2. The van der Waals surface area contributed by atoms with Gasteiger partial charge in [-0.05, 0) is 26.0 Å². The molecule has 20 heavy (non-hydrogen) atoms. The van der Waals surface area contributed by atoms with Crippen LogP contribution in [-0.2, 0) is 16.1 Å². The molecular weight excluding hydrogens is 260 g/mol. The molecule has 0 aliphatic heterocycles. The first-order valence-electron chi connectivity index (χ1n) is 6.40. The summed E-state index contributed by atoms with van der Waals surface area (Å²) in [7, 11) is 0. The number of nitrogens with zero attached hydrogens (tertiary/aromatic N) is 1. The molecule has 0 amide bonds. The number of H-pyrrole nitrogens is 1. The van der Waals surface area contributed by atoms with E-state index in [1.165, 1.54) is 0 Å².